The highest BCUT2D eigenvalue weighted by molar-refractivity contribution is 7.80. The van der Waals surface area contributed by atoms with Crippen LogP contribution in [0.4, 0.5) is 5.69 Å². The zero-order valence-corrected chi connectivity index (χ0v) is 15.7. The fourth-order valence-corrected chi connectivity index (χ4v) is 2.69. The molecule has 2 N–H and O–H groups in total. The number of rotatable bonds is 6. The van der Waals surface area contributed by atoms with E-state index in [1.807, 2.05) is 57.2 Å². The van der Waals surface area contributed by atoms with Crippen molar-refractivity contribution in [2.45, 2.75) is 33.6 Å². The summed E-state index contributed by atoms with van der Waals surface area (Å²) < 4.78 is 5.61. The normalized spacial score (nSPS) is 10.2. The van der Waals surface area contributed by atoms with Gasteiger partial charge in [0.1, 0.15) is 5.75 Å². The largest absolute Gasteiger partial charge is 0.494 e. The Labute approximate surface area is 154 Å². The van der Waals surface area contributed by atoms with E-state index in [-0.39, 0.29) is 5.91 Å². The molecule has 0 aliphatic carbocycles. The van der Waals surface area contributed by atoms with Crippen LogP contribution in [0.2, 0.25) is 0 Å². The highest BCUT2D eigenvalue weighted by atomic mass is 32.1. The van der Waals surface area contributed by atoms with Crippen molar-refractivity contribution in [1.29, 1.82) is 0 Å². The predicted octanol–water partition coefficient (Wildman–Crippen LogP) is 4.28. The monoisotopic (exact) mass is 356 g/mol. The third kappa shape index (κ3) is 6.93. The summed E-state index contributed by atoms with van der Waals surface area (Å²) in [5, 5.41) is 6.06. The number of carbonyl (C=O) groups is 1. The van der Waals surface area contributed by atoms with E-state index in [0.717, 1.165) is 22.6 Å². The molecule has 0 heterocycles. The van der Waals surface area contributed by atoms with Gasteiger partial charge in [-0.05, 0) is 74.8 Å². The maximum absolute atomic E-state index is 11.9. The van der Waals surface area contributed by atoms with Crippen molar-refractivity contribution in [3.63, 3.8) is 0 Å². The number of ether oxygens (including phenoxy) is 1. The summed E-state index contributed by atoms with van der Waals surface area (Å²) >= 11 is 5.19. The van der Waals surface area contributed by atoms with Gasteiger partial charge in [0.15, 0.2) is 5.11 Å². The minimum atomic E-state index is -0.116. The van der Waals surface area contributed by atoms with Crippen LogP contribution in [0, 0.1) is 20.8 Å². The van der Waals surface area contributed by atoms with Gasteiger partial charge in [0.05, 0.1) is 6.61 Å². The lowest BCUT2D eigenvalue weighted by atomic mass is 10.1. The molecule has 25 heavy (non-hydrogen) atoms. The zero-order chi connectivity index (χ0) is 18.2. The van der Waals surface area contributed by atoms with Gasteiger partial charge in [-0.15, -0.1) is 0 Å². The molecule has 0 fully saturated rings. The smallest absolute Gasteiger partial charge is 0.226 e. The van der Waals surface area contributed by atoms with Crippen molar-refractivity contribution < 1.29 is 9.53 Å². The van der Waals surface area contributed by atoms with Gasteiger partial charge in [-0.2, -0.15) is 0 Å². The summed E-state index contributed by atoms with van der Waals surface area (Å²) in [6, 6.07) is 13.9. The van der Waals surface area contributed by atoms with Crippen molar-refractivity contribution in [1.82, 2.24) is 5.32 Å². The lowest BCUT2D eigenvalue weighted by Crippen LogP contribution is -2.34. The Kier molecular flexibility index (Phi) is 6.95. The van der Waals surface area contributed by atoms with E-state index in [1.165, 1.54) is 5.56 Å². The first-order chi connectivity index (χ1) is 11.9. The summed E-state index contributed by atoms with van der Waals surface area (Å²) in [7, 11) is 0. The molecule has 0 unspecified atom stereocenters. The molecule has 0 aliphatic rings. The van der Waals surface area contributed by atoms with Gasteiger partial charge in [0.2, 0.25) is 5.91 Å². The molecule has 0 saturated heterocycles. The van der Waals surface area contributed by atoms with Gasteiger partial charge in [-0.1, -0.05) is 23.8 Å². The highest BCUT2D eigenvalue weighted by Gasteiger charge is 2.06. The fraction of sp³-hybridized carbons (Fsp3) is 0.300. The Hall–Kier alpha value is -2.40. The molecule has 0 bridgehead atoms. The first-order valence-electron chi connectivity index (χ1n) is 8.31. The molecule has 5 heteroatoms. The number of thiocarbonyl (C=S) groups is 1. The second-order valence-electron chi connectivity index (χ2n) is 6.14. The van der Waals surface area contributed by atoms with E-state index in [0.29, 0.717) is 24.6 Å². The number of anilines is 1. The third-order valence-electron chi connectivity index (χ3n) is 3.57. The van der Waals surface area contributed by atoms with E-state index >= 15 is 0 Å². The van der Waals surface area contributed by atoms with Crippen molar-refractivity contribution in [3.05, 3.63) is 59.2 Å². The number of hydrogen-bond acceptors (Lipinski definition) is 3. The predicted molar refractivity (Wildman–Crippen MR) is 106 cm³/mol. The number of carbonyl (C=O) groups excluding carboxylic acids is 1. The lowest BCUT2D eigenvalue weighted by Gasteiger charge is -2.11. The van der Waals surface area contributed by atoms with Crippen LogP contribution in [0.5, 0.6) is 5.75 Å². The van der Waals surface area contributed by atoms with Gasteiger partial charge in [0.25, 0.3) is 0 Å². The van der Waals surface area contributed by atoms with Gasteiger partial charge in [-0.3, -0.25) is 4.79 Å². The third-order valence-corrected chi connectivity index (χ3v) is 3.77. The molecule has 2 aromatic carbocycles. The Morgan fingerprint density at radius 1 is 1.00 bits per heavy atom. The maximum atomic E-state index is 11.9. The molecule has 0 radical (unpaired) electrons. The Bertz CT molecular complexity index is 722. The Balaban J connectivity index is 1.68. The second-order valence-corrected chi connectivity index (χ2v) is 6.55. The lowest BCUT2D eigenvalue weighted by molar-refractivity contribution is -0.119. The maximum Gasteiger partial charge on any atom is 0.226 e. The van der Waals surface area contributed by atoms with Crippen LogP contribution in [0.1, 0.15) is 29.5 Å². The fourth-order valence-electron chi connectivity index (χ4n) is 2.46. The van der Waals surface area contributed by atoms with Crippen molar-refractivity contribution in [3.8, 4) is 5.75 Å². The number of benzene rings is 2. The molecule has 2 aromatic rings. The molecular weight excluding hydrogens is 332 g/mol. The minimum absolute atomic E-state index is 0.116. The summed E-state index contributed by atoms with van der Waals surface area (Å²) in [5.41, 5.74) is 4.36. The highest BCUT2D eigenvalue weighted by Crippen LogP contribution is 2.14. The molecule has 2 rings (SSSR count). The van der Waals surface area contributed by atoms with Crippen LogP contribution in [0.15, 0.2) is 42.5 Å². The Morgan fingerprint density at radius 2 is 1.64 bits per heavy atom. The van der Waals surface area contributed by atoms with E-state index in [9.17, 15) is 4.79 Å². The van der Waals surface area contributed by atoms with Crippen molar-refractivity contribution in [2.75, 3.05) is 11.9 Å². The van der Waals surface area contributed by atoms with Crippen LogP contribution in [0.3, 0.4) is 0 Å². The van der Waals surface area contributed by atoms with Crippen LogP contribution in [0.25, 0.3) is 0 Å². The number of amides is 1. The van der Waals surface area contributed by atoms with Crippen LogP contribution >= 0.6 is 12.2 Å². The molecule has 1 amide bonds. The van der Waals surface area contributed by atoms with Crippen LogP contribution < -0.4 is 15.4 Å². The Morgan fingerprint density at radius 3 is 2.28 bits per heavy atom. The van der Waals surface area contributed by atoms with Gasteiger partial charge >= 0.3 is 0 Å². The van der Waals surface area contributed by atoms with Crippen LogP contribution in [-0.4, -0.2) is 17.6 Å². The quantitative estimate of drug-likeness (QED) is 0.599. The van der Waals surface area contributed by atoms with Gasteiger partial charge < -0.3 is 15.4 Å². The van der Waals surface area contributed by atoms with E-state index in [4.69, 9.17) is 17.0 Å². The van der Waals surface area contributed by atoms with Crippen molar-refractivity contribution >= 4 is 28.9 Å². The molecular formula is C20H24N2O2S. The average Bonchev–Trinajstić information content (AvgIpc) is 2.52. The molecule has 0 aliphatic heterocycles. The van der Waals surface area contributed by atoms with E-state index < -0.39 is 0 Å². The summed E-state index contributed by atoms with van der Waals surface area (Å²) in [5.74, 6) is 0.701. The summed E-state index contributed by atoms with van der Waals surface area (Å²) in [4.78, 5) is 11.9. The van der Waals surface area contributed by atoms with E-state index in [1.54, 1.807) is 0 Å². The van der Waals surface area contributed by atoms with Crippen LogP contribution in [-0.2, 0) is 4.79 Å². The van der Waals surface area contributed by atoms with Gasteiger partial charge in [-0.25, -0.2) is 0 Å². The number of aryl methyl sites for hydroxylation is 3. The zero-order valence-electron chi connectivity index (χ0n) is 14.9. The first kappa shape index (κ1) is 18.9. The average molecular weight is 356 g/mol. The van der Waals surface area contributed by atoms with Gasteiger partial charge in [0, 0.05) is 12.1 Å². The number of nitrogens with one attached hydrogen (secondary N) is 2. The molecule has 0 aromatic heterocycles. The SMILES string of the molecule is Cc1ccc(OCCCC(=O)NC(=S)Nc2cc(C)cc(C)c2)cc1. The first-order valence-corrected chi connectivity index (χ1v) is 8.72. The number of hydrogen-bond donors (Lipinski definition) is 2. The van der Waals surface area contributed by atoms with Crippen molar-refractivity contribution in [2.24, 2.45) is 0 Å². The summed E-state index contributed by atoms with van der Waals surface area (Å²) in [6.07, 6.45) is 0.992. The summed E-state index contributed by atoms with van der Waals surface area (Å²) in [6.45, 7) is 6.57. The minimum Gasteiger partial charge on any atom is -0.494 e. The molecule has 0 spiro atoms. The molecule has 132 valence electrons. The standard InChI is InChI=1S/C20H24N2O2S/c1-14-6-8-18(9-7-14)24-10-4-5-19(23)22-20(25)21-17-12-15(2)11-16(3)13-17/h6-9,11-13H,4-5,10H2,1-3H3,(H2,21,22,23,25). The second kappa shape index (κ2) is 9.18. The molecule has 0 atom stereocenters. The molecule has 0 saturated carbocycles. The topological polar surface area (TPSA) is 50.4 Å². The van der Waals surface area contributed by atoms with E-state index in [2.05, 4.69) is 16.7 Å². The molecule has 4 nitrogen and oxygen atoms in total.